The molecule has 2 N–H and O–H groups in total. The normalized spacial score (nSPS) is 13.0. The summed E-state index contributed by atoms with van der Waals surface area (Å²) in [5.74, 6) is 1.62. The van der Waals surface area contributed by atoms with Crippen LogP contribution in [0.2, 0.25) is 0 Å². The SMILES string of the molecule is CSCCNCC(O)c1ccc(C(C)C)cc1. The van der Waals surface area contributed by atoms with Crippen molar-refractivity contribution < 1.29 is 5.11 Å². The first-order valence-electron chi connectivity index (χ1n) is 6.12. The van der Waals surface area contributed by atoms with Crippen LogP contribution < -0.4 is 5.32 Å². The van der Waals surface area contributed by atoms with Crippen molar-refractivity contribution in [3.63, 3.8) is 0 Å². The van der Waals surface area contributed by atoms with Gasteiger partial charge in [0.1, 0.15) is 0 Å². The molecule has 0 radical (unpaired) electrons. The minimum atomic E-state index is -0.405. The lowest BCUT2D eigenvalue weighted by Gasteiger charge is -2.13. The lowest BCUT2D eigenvalue weighted by atomic mass is 10.00. The molecule has 1 aromatic carbocycles. The lowest BCUT2D eigenvalue weighted by molar-refractivity contribution is 0.175. The number of hydrogen-bond acceptors (Lipinski definition) is 3. The monoisotopic (exact) mass is 253 g/mol. The molecule has 17 heavy (non-hydrogen) atoms. The van der Waals surface area contributed by atoms with Crippen LogP contribution in [0.3, 0.4) is 0 Å². The molecule has 3 heteroatoms. The number of thioether (sulfide) groups is 1. The zero-order valence-corrected chi connectivity index (χ0v) is 11.8. The number of hydrogen-bond donors (Lipinski definition) is 2. The van der Waals surface area contributed by atoms with Gasteiger partial charge in [-0.2, -0.15) is 11.8 Å². The Kier molecular flexibility index (Phi) is 6.63. The van der Waals surface area contributed by atoms with Gasteiger partial charge in [-0.1, -0.05) is 38.1 Å². The molecule has 0 aliphatic carbocycles. The predicted octanol–water partition coefficient (Wildman–Crippen LogP) is 2.80. The van der Waals surface area contributed by atoms with Gasteiger partial charge in [-0.25, -0.2) is 0 Å². The van der Waals surface area contributed by atoms with Crippen LogP contribution in [-0.4, -0.2) is 30.2 Å². The fourth-order valence-electron chi connectivity index (χ4n) is 1.63. The highest BCUT2D eigenvalue weighted by Crippen LogP contribution is 2.18. The van der Waals surface area contributed by atoms with Gasteiger partial charge in [0.05, 0.1) is 6.10 Å². The van der Waals surface area contributed by atoms with E-state index in [1.807, 2.05) is 23.9 Å². The third-order valence-electron chi connectivity index (χ3n) is 2.81. The summed E-state index contributed by atoms with van der Waals surface area (Å²) < 4.78 is 0. The Hall–Kier alpha value is -0.510. The van der Waals surface area contributed by atoms with E-state index in [2.05, 4.69) is 37.6 Å². The summed E-state index contributed by atoms with van der Waals surface area (Å²) in [5, 5.41) is 13.2. The van der Waals surface area contributed by atoms with Crippen LogP contribution in [-0.2, 0) is 0 Å². The molecule has 0 aliphatic heterocycles. The lowest BCUT2D eigenvalue weighted by Crippen LogP contribution is -2.23. The molecular formula is C14H23NOS. The maximum atomic E-state index is 9.98. The molecular weight excluding hydrogens is 230 g/mol. The van der Waals surface area contributed by atoms with Crippen molar-refractivity contribution in [1.82, 2.24) is 5.32 Å². The second-order valence-corrected chi connectivity index (χ2v) is 5.52. The van der Waals surface area contributed by atoms with Crippen LogP contribution in [0.15, 0.2) is 24.3 Å². The Balaban J connectivity index is 2.43. The molecule has 1 aromatic rings. The van der Waals surface area contributed by atoms with Crippen molar-refractivity contribution in [3.8, 4) is 0 Å². The average Bonchev–Trinajstić information content (AvgIpc) is 2.34. The van der Waals surface area contributed by atoms with Gasteiger partial charge in [0, 0.05) is 18.8 Å². The zero-order chi connectivity index (χ0) is 12.7. The molecule has 0 heterocycles. The van der Waals surface area contributed by atoms with Gasteiger partial charge in [-0.05, 0) is 23.3 Å². The van der Waals surface area contributed by atoms with Crippen LogP contribution in [0.25, 0.3) is 0 Å². The fraction of sp³-hybridized carbons (Fsp3) is 0.571. The molecule has 0 aromatic heterocycles. The number of nitrogens with one attached hydrogen (secondary N) is 1. The summed E-state index contributed by atoms with van der Waals surface area (Å²) in [6, 6.07) is 8.25. The Morgan fingerprint density at radius 3 is 2.29 bits per heavy atom. The Morgan fingerprint density at radius 1 is 1.18 bits per heavy atom. The zero-order valence-electron chi connectivity index (χ0n) is 10.9. The number of rotatable bonds is 7. The number of aliphatic hydroxyl groups is 1. The highest BCUT2D eigenvalue weighted by atomic mass is 32.2. The van der Waals surface area contributed by atoms with Crippen molar-refractivity contribution in [3.05, 3.63) is 35.4 Å². The maximum absolute atomic E-state index is 9.98. The summed E-state index contributed by atoms with van der Waals surface area (Å²) in [6.07, 6.45) is 1.68. The van der Waals surface area contributed by atoms with E-state index in [-0.39, 0.29) is 0 Å². The van der Waals surface area contributed by atoms with E-state index in [9.17, 15) is 5.11 Å². The minimum Gasteiger partial charge on any atom is -0.387 e. The van der Waals surface area contributed by atoms with Gasteiger partial charge in [-0.3, -0.25) is 0 Å². The molecule has 96 valence electrons. The molecule has 0 saturated heterocycles. The first kappa shape index (κ1) is 14.6. The Morgan fingerprint density at radius 2 is 1.76 bits per heavy atom. The van der Waals surface area contributed by atoms with E-state index < -0.39 is 6.10 Å². The van der Waals surface area contributed by atoms with Crippen molar-refractivity contribution >= 4 is 11.8 Å². The van der Waals surface area contributed by atoms with E-state index >= 15 is 0 Å². The maximum Gasteiger partial charge on any atom is 0.0914 e. The van der Waals surface area contributed by atoms with Gasteiger partial charge in [0.2, 0.25) is 0 Å². The number of benzene rings is 1. The minimum absolute atomic E-state index is 0.405. The van der Waals surface area contributed by atoms with Gasteiger partial charge in [0.25, 0.3) is 0 Å². The summed E-state index contributed by atoms with van der Waals surface area (Å²) in [6.45, 7) is 5.93. The van der Waals surface area contributed by atoms with Crippen molar-refractivity contribution in [2.45, 2.75) is 25.9 Å². The summed E-state index contributed by atoms with van der Waals surface area (Å²) in [7, 11) is 0. The topological polar surface area (TPSA) is 32.3 Å². The second-order valence-electron chi connectivity index (χ2n) is 4.53. The molecule has 0 saturated carbocycles. The highest BCUT2D eigenvalue weighted by Gasteiger charge is 2.07. The van der Waals surface area contributed by atoms with Crippen LogP contribution in [0.5, 0.6) is 0 Å². The van der Waals surface area contributed by atoms with E-state index in [0.717, 1.165) is 17.9 Å². The third-order valence-corrected chi connectivity index (χ3v) is 3.42. The van der Waals surface area contributed by atoms with E-state index in [0.29, 0.717) is 12.5 Å². The first-order chi connectivity index (χ1) is 8.15. The molecule has 0 aliphatic rings. The Bertz CT molecular complexity index is 311. The van der Waals surface area contributed by atoms with E-state index in [1.54, 1.807) is 0 Å². The van der Waals surface area contributed by atoms with Crippen LogP contribution in [0.4, 0.5) is 0 Å². The van der Waals surface area contributed by atoms with Crippen molar-refractivity contribution in [2.75, 3.05) is 25.1 Å². The summed E-state index contributed by atoms with van der Waals surface area (Å²) in [5.41, 5.74) is 2.31. The predicted molar refractivity (Wildman–Crippen MR) is 76.7 cm³/mol. The molecule has 1 rings (SSSR count). The van der Waals surface area contributed by atoms with Gasteiger partial charge >= 0.3 is 0 Å². The molecule has 0 amide bonds. The second kappa shape index (κ2) is 7.75. The Labute approximate surface area is 109 Å². The standard InChI is InChI=1S/C14H23NOS/c1-11(2)12-4-6-13(7-5-12)14(16)10-15-8-9-17-3/h4-7,11,14-16H,8-10H2,1-3H3. The smallest absolute Gasteiger partial charge is 0.0914 e. The first-order valence-corrected chi connectivity index (χ1v) is 7.52. The van der Waals surface area contributed by atoms with Crippen LogP contribution >= 0.6 is 11.8 Å². The van der Waals surface area contributed by atoms with Gasteiger partial charge in [0.15, 0.2) is 0 Å². The van der Waals surface area contributed by atoms with Gasteiger partial charge in [-0.15, -0.1) is 0 Å². The van der Waals surface area contributed by atoms with E-state index in [1.165, 1.54) is 5.56 Å². The molecule has 1 unspecified atom stereocenters. The third kappa shape index (κ3) is 5.11. The van der Waals surface area contributed by atoms with Gasteiger partial charge < -0.3 is 10.4 Å². The quantitative estimate of drug-likeness (QED) is 0.733. The molecule has 0 bridgehead atoms. The molecule has 0 spiro atoms. The molecule has 1 atom stereocenters. The molecule has 2 nitrogen and oxygen atoms in total. The number of aliphatic hydroxyl groups excluding tert-OH is 1. The van der Waals surface area contributed by atoms with Crippen molar-refractivity contribution in [1.29, 1.82) is 0 Å². The van der Waals surface area contributed by atoms with E-state index in [4.69, 9.17) is 0 Å². The highest BCUT2D eigenvalue weighted by molar-refractivity contribution is 7.98. The largest absolute Gasteiger partial charge is 0.387 e. The van der Waals surface area contributed by atoms with Crippen LogP contribution in [0.1, 0.15) is 37.0 Å². The summed E-state index contributed by atoms with van der Waals surface area (Å²) >= 11 is 1.81. The fourth-order valence-corrected chi connectivity index (χ4v) is 1.98. The molecule has 0 fully saturated rings. The van der Waals surface area contributed by atoms with Crippen molar-refractivity contribution in [2.24, 2.45) is 0 Å². The van der Waals surface area contributed by atoms with Crippen LogP contribution in [0, 0.1) is 0 Å². The average molecular weight is 253 g/mol. The summed E-state index contributed by atoms with van der Waals surface area (Å²) in [4.78, 5) is 0.